The minimum atomic E-state index is 0.109. The summed E-state index contributed by atoms with van der Waals surface area (Å²) in [6.45, 7) is 16.1. The fourth-order valence-corrected chi connectivity index (χ4v) is 4.53. The average molecular weight is 369 g/mol. The summed E-state index contributed by atoms with van der Waals surface area (Å²) in [5, 5.41) is 0. The number of rotatable bonds is 1. The molecule has 0 radical (unpaired) electrons. The van der Waals surface area contributed by atoms with Crippen LogP contribution < -0.4 is 0 Å². The molecule has 0 aromatic heterocycles. The molecule has 0 nitrogen and oxygen atoms in total. The van der Waals surface area contributed by atoms with Crippen LogP contribution in [0.5, 0.6) is 0 Å². The first-order chi connectivity index (χ1) is 13.1. The van der Waals surface area contributed by atoms with Gasteiger partial charge in [0, 0.05) is 0 Å². The molecule has 0 heterocycles. The second kappa shape index (κ2) is 6.34. The number of benzene rings is 3. The van der Waals surface area contributed by atoms with E-state index < -0.39 is 0 Å². The Labute approximate surface area is 170 Å². The Bertz CT molecular complexity index is 1050. The summed E-state index contributed by atoms with van der Waals surface area (Å²) < 4.78 is 0. The van der Waals surface area contributed by atoms with Crippen LogP contribution in [0.25, 0.3) is 22.3 Å². The van der Waals surface area contributed by atoms with Crippen molar-refractivity contribution < 1.29 is 0 Å². The molecule has 0 saturated heterocycles. The molecule has 1 aliphatic carbocycles. The van der Waals surface area contributed by atoms with Gasteiger partial charge < -0.3 is 0 Å². The van der Waals surface area contributed by atoms with E-state index in [9.17, 15) is 0 Å². The van der Waals surface area contributed by atoms with Crippen LogP contribution in [0.15, 0.2) is 54.6 Å². The van der Waals surface area contributed by atoms with Crippen LogP contribution in [-0.2, 0) is 17.3 Å². The Morgan fingerprint density at radius 2 is 1.36 bits per heavy atom. The van der Waals surface area contributed by atoms with Crippen molar-refractivity contribution in [1.29, 1.82) is 0 Å². The third-order valence-electron chi connectivity index (χ3n) is 6.16. The Hall–Kier alpha value is -2.34. The average Bonchev–Trinajstić information content (AvgIpc) is 2.98. The number of aryl methyl sites for hydroxylation is 1. The van der Waals surface area contributed by atoms with E-state index in [1.807, 2.05) is 0 Å². The van der Waals surface area contributed by atoms with Gasteiger partial charge in [0.05, 0.1) is 0 Å². The lowest BCUT2D eigenvalue weighted by Crippen LogP contribution is -2.14. The molecule has 0 unspecified atom stereocenters. The Morgan fingerprint density at radius 3 is 2.00 bits per heavy atom. The molecule has 0 atom stereocenters. The van der Waals surface area contributed by atoms with E-state index in [2.05, 4.69) is 103 Å². The quantitative estimate of drug-likeness (QED) is 0.321. The maximum atomic E-state index is 2.44. The molecule has 144 valence electrons. The maximum absolute atomic E-state index is 2.44. The van der Waals surface area contributed by atoms with Gasteiger partial charge >= 0.3 is 0 Å². The van der Waals surface area contributed by atoms with E-state index in [0.717, 1.165) is 6.42 Å². The molecule has 0 saturated carbocycles. The molecule has 0 amide bonds. The SMILES string of the molecule is Cc1ccccc1-c1c(C(C)(C)C)ccc2c1Cc1cc(C(C)(C)C)ccc1-2. The fourth-order valence-electron chi connectivity index (χ4n) is 4.53. The highest BCUT2D eigenvalue weighted by atomic mass is 14.3. The maximum Gasteiger partial charge on any atom is -0.000707 e. The van der Waals surface area contributed by atoms with Crippen LogP contribution in [0.3, 0.4) is 0 Å². The van der Waals surface area contributed by atoms with E-state index in [1.165, 1.54) is 50.1 Å². The first kappa shape index (κ1) is 19.0. The number of fused-ring (bicyclic) bond motifs is 3. The minimum absolute atomic E-state index is 0.109. The monoisotopic (exact) mass is 368 g/mol. The van der Waals surface area contributed by atoms with Crippen molar-refractivity contribution >= 4 is 0 Å². The van der Waals surface area contributed by atoms with Crippen LogP contribution in [-0.4, -0.2) is 0 Å². The Morgan fingerprint density at radius 1 is 0.679 bits per heavy atom. The van der Waals surface area contributed by atoms with Gasteiger partial charge in [-0.2, -0.15) is 0 Å². The summed E-state index contributed by atoms with van der Waals surface area (Å²) >= 11 is 0. The molecule has 0 spiro atoms. The van der Waals surface area contributed by atoms with Gasteiger partial charge in [-0.25, -0.2) is 0 Å². The molecular weight excluding hydrogens is 336 g/mol. The van der Waals surface area contributed by atoms with E-state index in [1.54, 1.807) is 0 Å². The van der Waals surface area contributed by atoms with Gasteiger partial charge in [-0.3, -0.25) is 0 Å². The van der Waals surface area contributed by atoms with Crippen LogP contribution in [0.4, 0.5) is 0 Å². The Kier molecular flexibility index (Phi) is 4.30. The predicted molar refractivity (Wildman–Crippen MR) is 122 cm³/mol. The van der Waals surface area contributed by atoms with E-state index in [4.69, 9.17) is 0 Å². The standard InChI is InChI=1S/C28H32/c1-18-10-8-9-11-21(18)26-24-17-19-16-20(27(2,3)4)12-13-22(19)23(24)14-15-25(26)28(5,6)7/h8-16H,17H2,1-7H3. The largest absolute Gasteiger partial charge is 0.0620 e. The molecule has 0 bridgehead atoms. The van der Waals surface area contributed by atoms with Gasteiger partial charge in [-0.1, -0.05) is 96.1 Å². The first-order valence-corrected chi connectivity index (χ1v) is 10.4. The van der Waals surface area contributed by atoms with Crippen molar-refractivity contribution in [1.82, 2.24) is 0 Å². The van der Waals surface area contributed by atoms with Crippen molar-refractivity contribution in [2.24, 2.45) is 0 Å². The number of hydrogen-bond acceptors (Lipinski definition) is 0. The van der Waals surface area contributed by atoms with Crippen molar-refractivity contribution in [3.8, 4) is 22.3 Å². The lowest BCUT2D eigenvalue weighted by molar-refractivity contribution is 0.589. The second-order valence-corrected chi connectivity index (χ2v) is 10.4. The molecule has 4 rings (SSSR count). The summed E-state index contributed by atoms with van der Waals surface area (Å²) in [6.07, 6.45) is 1.03. The molecule has 0 fully saturated rings. The lowest BCUT2D eigenvalue weighted by Gasteiger charge is -2.26. The fraction of sp³-hybridized carbons (Fsp3) is 0.357. The van der Waals surface area contributed by atoms with Gasteiger partial charge in [-0.15, -0.1) is 0 Å². The van der Waals surface area contributed by atoms with Crippen molar-refractivity contribution in [2.75, 3.05) is 0 Å². The molecule has 0 N–H and O–H groups in total. The van der Waals surface area contributed by atoms with Gasteiger partial charge in [0.2, 0.25) is 0 Å². The predicted octanol–water partition coefficient (Wildman–Crippen LogP) is 7.83. The summed E-state index contributed by atoms with van der Waals surface area (Å²) in [4.78, 5) is 0. The molecule has 1 aliphatic rings. The van der Waals surface area contributed by atoms with Crippen molar-refractivity contribution in [3.05, 3.63) is 82.4 Å². The smallest absolute Gasteiger partial charge is 0.000707 e. The molecule has 3 aromatic rings. The zero-order chi connectivity index (χ0) is 20.3. The lowest BCUT2D eigenvalue weighted by atomic mass is 9.78. The highest BCUT2D eigenvalue weighted by Gasteiger charge is 2.29. The summed E-state index contributed by atoms with van der Waals surface area (Å²) in [5.41, 5.74) is 13.2. The molecular formula is C28H32. The van der Waals surface area contributed by atoms with Crippen LogP contribution >= 0.6 is 0 Å². The van der Waals surface area contributed by atoms with E-state index in [0.29, 0.717) is 0 Å². The third kappa shape index (κ3) is 3.09. The Balaban J connectivity index is 1.97. The van der Waals surface area contributed by atoms with Crippen LogP contribution in [0.2, 0.25) is 0 Å². The van der Waals surface area contributed by atoms with Crippen molar-refractivity contribution in [3.63, 3.8) is 0 Å². The molecule has 0 heteroatoms. The van der Waals surface area contributed by atoms with Crippen LogP contribution in [0, 0.1) is 6.92 Å². The van der Waals surface area contributed by atoms with Gasteiger partial charge in [0.15, 0.2) is 0 Å². The summed E-state index contributed by atoms with van der Waals surface area (Å²) in [6, 6.07) is 20.7. The highest BCUT2D eigenvalue weighted by Crippen LogP contribution is 2.47. The summed E-state index contributed by atoms with van der Waals surface area (Å²) in [7, 11) is 0. The van der Waals surface area contributed by atoms with Crippen LogP contribution in [0.1, 0.15) is 69.4 Å². The summed E-state index contributed by atoms with van der Waals surface area (Å²) in [5.74, 6) is 0. The van der Waals surface area contributed by atoms with Gasteiger partial charge in [0.1, 0.15) is 0 Å². The second-order valence-electron chi connectivity index (χ2n) is 10.4. The number of hydrogen-bond donors (Lipinski definition) is 0. The van der Waals surface area contributed by atoms with Gasteiger partial charge in [-0.05, 0) is 74.2 Å². The minimum Gasteiger partial charge on any atom is -0.0620 e. The normalized spacial score (nSPS) is 13.4. The highest BCUT2D eigenvalue weighted by molar-refractivity contribution is 5.88. The molecule has 3 aromatic carbocycles. The van der Waals surface area contributed by atoms with E-state index >= 15 is 0 Å². The zero-order valence-electron chi connectivity index (χ0n) is 18.4. The zero-order valence-corrected chi connectivity index (χ0v) is 18.4. The molecule has 0 aliphatic heterocycles. The molecule has 28 heavy (non-hydrogen) atoms. The van der Waals surface area contributed by atoms with Gasteiger partial charge in [0.25, 0.3) is 0 Å². The third-order valence-corrected chi connectivity index (χ3v) is 6.16. The van der Waals surface area contributed by atoms with Crippen molar-refractivity contribution in [2.45, 2.75) is 65.7 Å². The van der Waals surface area contributed by atoms with E-state index in [-0.39, 0.29) is 10.8 Å². The first-order valence-electron chi connectivity index (χ1n) is 10.4. The topological polar surface area (TPSA) is 0 Å².